The number of nitriles is 1. The first kappa shape index (κ1) is 40.4. The van der Waals surface area contributed by atoms with Crippen LogP contribution in [0.2, 0.25) is 0 Å². The summed E-state index contributed by atoms with van der Waals surface area (Å²) in [6, 6.07) is 18.5. The van der Waals surface area contributed by atoms with Gasteiger partial charge in [-0.3, -0.25) is 43.6 Å². The number of rotatable bonds is 10. The molecule has 0 radical (unpaired) electrons. The number of likely N-dealkylation sites (tertiary alicyclic amines) is 2. The maximum Gasteiger partial charge on any atom is 0.262 e. The minimum atomic E-state index is -0.945. The molecule has 1 aliphatic carbocycles. The van der Waals surface area contributed by atoms with Crippen LogP contribution < -0.4 is 10.1 Å². The predicted octanol–water partition coefficient (Wildman–Crippen LogP) is 5.70. The first-order chi connectivity index (χ1) is 28.1. The molecule has 12 nitrogen and oxygen atoms in total. The van der Waals surface area contributed by atoms with Crippen molar-refractivity contribution < 1.29 is 28.7 Å². The zero-order valence-electron chi connectivity index (χ0n) is 35.0. The van der Waals surface area contributed by atoms with Crippen molar-refractivity contribution in [3.05, 3.63) is 99.1 Å². The molecule has 1 unspecified atom stereocenters. The topological polar surface area (TPSA) is 143 Å². The Balaban J connectivity index is 0.800. The number of benzene rings is 3. The van der Waals surface area contributed by atoms with Crippen molar-refractivity contribution in [2.45, 2.75) is 105 Å². The molecule has 3 aromatic rings. The van der Waals surface area contributed by atoms with Crippen LogP contribution in [-0.2, 0) is 35.6 Å². The van der Waals surface area contributed by atoms with Gasteiger partial charge in [-0.2, -0.15) is 5.26 Å². The van der Waals surface area contributed by atoms with Crippen molar-refractivity contribution in [2.75, 3.05) is 26.7 Å². The number of fused-ring (bicyclic) bond motifs is 2. The second-order valence-corrected chi connectivity index (χ2v) is 18.4. The lowest BCUT2D eigenvalue weighted by atomic mass is 9.49. The summed E-state index contributed by atoms with van der Waals surface area (Å²) >= 11 is 0. The van der Waals surface area contributed by atoms with E-state index in [1.54, 1.807) is 0 Å². The number of aryl methyl sites for hydroxylation is 1. The first-order valence-electron chi connectivity index (χ1n) is 21.0. The highest BCUT2D eigenvalue weighted by atomic mass is 16.5. The van der Waals surface area contributed by atoms with Gasteiger partial charge in [-0.1, -0.05) is 46.8 Å². The van der Waals surface area contributed by atoms with E-state index >= 15 is 0 Å². The molecule has 1 atom stereocenters. The predicted molar refractivity (Wildman–Crippen MR) is 220 cm³/mol. The highest BCUT2D eigenvalue weighted by Gasteiger charge is 2.64. The molecule has 5 amide bonds. The van der Waals surface area contributed by atoms with Gasteiger partial charge in [-0.25, -0.2) is 0 Å². The largest absolute Gasteiger partial charge is 0.489 e. The fourth-order valence-corrected chi connectivity index (χ4v) is 10.7. The van der Waals surface area contributed by atoms with Gasteiger partial charge in [-0.05, 0) is 109 Å². The summed E-state index contributed by atoms with van der Waals surface area (Å²) in [7, 11) is 1.40. The van der Waals surface area contributed by atoms with E-state index in [0.717, 1.165) is 77.7 Å². The molecule has 0 bridgehead atoms. The Labute approximate surface area is 346 Å². The van der Waals surface area contributed by atoms with Gasteiger partial charge < -0.3 is 10.1 Å². The Morgan fingerprint density at radius 1 is 0.864 bits per heavy atom. The second-order valence-electron chi connectivity index (χ2n) is 18.4. The summed E-state index contributed by atoms with van der Waals surface area (Å²) in [6.45, 7) is 15.7. The van der Waals surface area contributed by atoms with Gasteiger partial charge in [0.05, 0.1) is 22.8 Å². The molecule has 59 heavy (non-hydrogen) atoms. The van der Waals surface area contributed by atoms with Crippen LogP contribution in [0.25, 0.3) is 0 Å². The first-order valence-corrected chi connectivity index (χ1v) is 21.0. The number of nitrogens with zero attached hydrogens (tertiary/aromatic N) is 5. The normalized spacial score (nSPS) is 24.1. The van der Waals surface area contributed by atoms with E-state index in [2.05, 4.69) is 61.0 Å². The van der Waals surface area contributed by atoms with Crippen molar-refractivity contribution in [3.63, 3.8) is 0 Å². The van der Waals surface area contributed by atoms with Gasteiger partial charge in [-0.15, -0.1) is 0 Å². The second kappa shape index (κ2) is 15.3. The molecule has 1 saturated carbocycles. The molecule has 4 heterocycles. The van der Waals surface area contributed by atoms with Crippen LogP contribution in [0.3, 0.4) is 0 Å². The van der Waals surface area contributed by atoms with Crippen LogP contribution in [-0.4, -0.2) is 94.0 Å². The SMILES string of the molecule is CCc1cc(OC2C(C)(C)C(NC(=O)c3ccc(CN4CCC(CN5Cc6cc7c(cc6C5)C(=O)N(C5CCC(=O)N(C)C5=O)C7=O)CC4)cc3)C2(C)C)ccc1C#N. The number of hydrogen-bond acceptors (Lipinski definition) is 9. The van der Waals surface area contributed by atoms with Crippen molar-refractivity contribution in [3.8, 4) is 11.8 Å². The third-order valence-electron chi connectivity index (χ3n) is 13.8. The molecule has 12 heteroatoms. The molecule has 8 rings (SSSR count). The number of nitrogens with one attached hydrogen (secondary N) is 1. The number of hydrogen-bond donors (Lipinski definition) is 1. The van der Waals surface area contributed by atoms with Crippen LogP contribution in [0.5, 0.6) is 5.75 Å². The Kier molecular flexibility index (Phi) is 10.5. The standard InChI is InChI=1S/C47H54N6O6/c1-7-30-20-35(13-12-32(30)23-48)59-45-46(2,3)44(47(45,4)5)49-40(55)31-10-8-28(9-11-31)24-51-18-16-29(17-19-51)25-52-26-33-21-36-37(22-34(33)27-52)42(57)53(41(36)56)38-14-15-39(54)50(6)43(38)58/h8-13,20-22,29,38,44-45H,7,14-19,24-27H2,1-6H3,(H,49,55). The summed E-state index contributed by atoms with van der Waals surface area (Å²) in [5, 5.41) is 12.7. The maximum absolute atomic E-state index is 13.5. The molecule has 0 spiro atoms. The van der Waals surface area contributed by atoms with Crippen LogP contribution in [0.15, 0.2) is 54.6 Å². The van der Waals surface area contributed by atoms with Crippen molar-refractivity contribution >= 4 is 29.5 Å². The Morgan fingerprint density at radius 2 is 1.49 bits per heavy atom. The average molecular weight is 799 g/mol. The lowest BCUT2D eigenvalue weighted by molar-refractivity contribution is -0.164. The molecule has 3 fully saturated rings. The zero-order chi connectivity index (χ0) is 42.0. The molecule has 5 aliphatic rings. The van der Waals surface area contributed by atoms with E-state index in [9.17, 15) is 29.2 Å². The number of ether oxygens (including phenoxy) is 1. The van der Waals surface area contributed by atoms with E-state index < -0.39 is 23.8 Å². The zero-order valence-corrected chi connectivity index (χ0v) is 35.0. The lowest BCUT2D eigenvalue weighted by Gasteiger charge is -2.63. The average Bonchev–Trinajstić information content (AvgIpc) is 3.73. The fraction of sp³-hybridized carbons (Fsp3) is 0.489. The molecular formula is C47H54N6O6. The third-order valence-corrected chi connectivity index (χ3v) is 13.8. The summed E-state index contributed by atoms with van der Waals surface area (Å²) in [5.74, 6) is -0.520. The molecule has 4 aliphatic heterocycles. The summed E-state index contributed by atoms with van der Waals surface area (Å²) in [5.41, 5.74) is 5.61. The highest BCUT2D eigenvalue weighted by Crippen LogP contribution is 2.55. The van der Waals surface area contributed by atoms with Gasteiger partial charge >= 0.3 is 0 Å². The Morgan fingerprint density at radius 3 is 2.08 bits per heavy atom. The fourth-order valence-electron chi connectivity index (χ4n) is 10.7. The number of carbonyl (C=O) groups excluding carboxylic acids is 5. The van der Waals surface area contributed by atoms with Gasteiger partial charge in [0.25, 0.3) is 23.6 Å². The summed E-state index contributed by atoms with van der Waals surface area (Å²) < 4.78 is 6.52. The van der Waals surface area contributed by atoms with E-state index in [1.165, 1.54) is 12.6 Å². The van der Waals surface area contributed by atoms with Crippen molar-refractivity contribution in [1.29, 1.82) is 5.26 Å². The quantitative estimate of drug-likeness (QED) is 0.256. The van der Waals surface area contributed by atoms with E-state index in [4.69, 9.17) is 4.74 Å². The van der Waals surface area contributed by atoms with E-state index in [-0.39, 0.29) is 47.6 Å². The van der Waals surface area contributed by atoms with Gasteiger partial charge in [0.15, 0.2) is 0 Å². The maximum atomic E-state index is 13.5. The molecular weight excluding hydrogens is 745 g/mol. The van der Waals surface area contributed by atoms with Crippen LogP contribution in [0.1, 0.15) is 119 Å². The van der Waals surface area contributed by atoms with Crippen molar-refractivity contribution in [2.24, 2.45) is 16.7 Å². The van der Waals surface area contributed by atoms with E-state index in [1.807, 2.05) is 49.4 Å². The number of amides is 5. The highest BCUT2D eigenvalue weighted by molar-refractivity contribution is 6.23. The molecule has 0 aromatic heterocycles. The number of carbonyl (C=O) groups is 5. The minimum absolute atomic E-state index is 0.0924. The summed E-state index contributed by atoms with van der Waals surface area (Å²) in [6.07, 6.45) is 3.06. The van der Waals surface area contributed by atoms with Crippen molar-refractivity contribution in [1.82, 2.24) is 24.9 Å². The van der Waals surface area contributed by atoms with Crippen LogP contribution >= 0.6 is 0 Å². The third kappa shape index (κ3) is 7.22. The van der Waals surface area contributed by atoms with Gasteiger partial charge in [0.2, 0.25) is 5.91 Å². The summed E-state index contributed by atoms with van der Waals surface area (Å²) in [4.78, 5) is 72.1. The molecule has 1 N–H and O–H groups in total. The molecule has 3 aromatic carbocycles. The lowest BCUT2D eigenvalue weighted by Crippen LogP contribution is -2.74. The van der Waals surface area contributed by atoms with Crippen LogP contribution in [0, 0.1) is 28.1 Å². The number of imide groups is 2. The Bertz CT molecular complexity index is 2210. The number of likely N-dealkylation sites (N-methyl/N-ethyl adjacent to an activating group) is 1. The van der Waals surface area contributed by atoms with E-state index in [0.29, 0.717) is 41.3 Å². The molecule has 2 saturated heterocycles. The van der Waals surface area contributed by atoms with Crippen LogP contribution in [0.4, 0.5) is 0 Å². The monoisotopic (exact) mass is 798 g/mol. The minimum Gasteiger partial charge on any atom is -0.489 e. The number of piperidine rings is 2. The Hall–Kier alpha value is -5.38. The molecule has 308 valence electrons. The van der Waals surface area contributed by atoms with Gasteiger partial charge in [0, 0.05) is 62.1 Å². The smallest absolute Gasteiger partial charge is 0.262 e. The van der Waals surface area contributed by atoms with Gasteiger partial charge in [0.1, 0.15) is 17.9 Å².